The molecule has 0 aliphatic heterocycles. The number of ketones is 1. The lowest BCUT2D eigenvalue weighted by molar-refractivity contribution is -0.494. The van der Waals surface area contributed by atoms with Crippen LogP contribution in [0.5, 0.6) is 0 Å². The minimum atomic E-state index is -0.928. The Morgan fingerprint density at radius 3 is 2.11 bits per heavy atom. The number of esters is 2. The zero-order valence-corrected chi connectivity index (χ0v) is 28.7. The van der Waals surface area contributed by atoms with Crippen LogP contribution < -0.4 is 0 Å². The second-order valence-corrected chi connectivity index (χ2v) is 15.6. The summed E-state index contributed by atoms with van der Waals surface area (Å²) in [4.78, 5) is 49.1. The number of Topliss-reactive ketones (excluding diaryl/α,β-unsaturated/α-hetero) is 1. The van der Waals surface area contributed by atoms with Crippen molar-refractivity contribution in [3.63, 3.8) is 0 Å². The van der Waals surface area contributed by atoms with E-state index in [1.54, 1.807) is 0 Å². The van der Waals surface area contributed by atoms with Gasteiger partial charge in [0.2, 0.25) is 6.54 Å². The maximum atomic E-state index is 13.7. The fraction of sp³-hybridized carbons (Fsp3) is 0.861. The molecule has 0 saturated heterocycles. The van der Waals surface area contributed by atoms with Crippen molar-refractivity contribution in [2.75, 3.05) is 6.54 Å². The smallest absolute Gasteiger partial charge is 0.303 e. The molecular formula is C36H57NO7. The Bertz CT molecular complexity index is 1160. The topological polar surface area (TPSA) is 113 Å². The van der Waals surface area contributed by atoms with E-state index in [-0.39, 0.29) is 46.9 Å². The number of hydrogen-bond donors (Lipinski definition) is 0. The van der Waals surface area contributed by atoms with Crippen molar-refractivity contribution < 1.29 is 28.8 Å². The summed E-state index contributed by atoms with van der Waals surface area (Å²) < 4.78 is 11.5. The van der Waals surface area contributed by atoms with E-state index in [0.717, 1.165) is 56.1 Å². The van der Waals surface area contributed by atoms with Gasteiger partial charge in [0.05, 0.1) is 0 Å². The van der Waals surface area contributed by atoms with Crippen molar-refractivity contribution in [3.05, 3.63) is 21.3 Å². The average Bonchev–Trinajstić information content (AvgIpc) is 3.23. The monoisotopic (exact) mass is 615 g/mol. The van der Waals surface area contributed by atoms with Gasteiger partial charge < -0.3 is 9.47 Å². The van der Waals surface area contributed by atoms with E-state index in [0.29, 0.717) is 30.1 Å². The highest BCUT2D eigenvalue weighted by atomic mass is 16.6. The number of rotatable bonds is 6. The highest BCUT2D eigenvalue weighted by molar-refractivity contribution is 6.00. The predicted molar refractivity (Wildman–Crippen MR) is 169 cm³/mol. The summed E-state index contributed by atoms with van der Waals surface area (Å²) in [5.41, 5.74) is 1.42. The van der Waals surface area contributed by atoms with Crippen LogP contribution in [0.3, 0.4) is 0 Å². The van der Waals surface area contributed by atoms with Gasteiger partial charge in [0, 0.05) is 30.6 Å². The van der Waals surface area contributed by atoms with Gasteiger partial charge in [-0.1, -0.05) is 54.9 Å². The van der Waals surface area contributed by atoms with Gasteiger partial charge in [0.15, 0.2) is 11.9 Å². The lowest BCUT2D eigenvalue weighted by Crippen LogP contribution is -2.61. The van der Waals surface area contributed by atoms with E-state index in [1.807, 2.05) is 0 Å². The highest BCUT2D eigenvalue weighted by Gasteiger charge is 2.66. The molecule has 5 aliphatic carbocycles. The quantitative estimate of drug-likeness (QED) is 0.171. The van der Waals surface area contributed by atoms with Crippen molar-refractivity contribution in [2.24, 2.45) is 51.8 Å². The Morgan fingerprint density at radius 1 is 0.955 bits per heavy atom. The first-order valence-corrected chi connectivity index (χ1v) is 17.3. The van der Waals surface area contributed by atoms with E-state index in [9.17, 15) is 24.5 Å². The minimum absolute atomic E-state index is 0.00960. The van der Waals surface area contributed by atoms with E-state index >= 15 is 0 Å². The molecule has 5 rings (SSSR count). The Balaban J connectivity index is 0.00000141. The van der Waals surface area contributed by atoms with E-state index in [2.05, 4.69) is 48.5 Å². The Labute approximate surface area is 264 Å². The van der Waals surface area contributed by atoms with Crippen LogP contribution in [0.25, 0.3) is 0 Å². The number of fused-ring (bicyclic) bond motifs is 7. The van der Waals surface area contributed by atoms with E-state index in [4.69, 9.17) is 9.47 Å². The second kappa shape index (κ2) is 12.9. The molecule has 0 radical (unpaired) electrons. The molecule has 5 aliphatic rings. The Morgan fingerprint density at radius 2 is 1.55 bits per heavy atom. The molecule has 8 heteroatoms. The van der Waals surface area contributed by atoms with Gasteiger partial charge in [-0.25, -0.2) is 0 Å². The molecule has 0 aromatic heterocycles. The molecule has 0 aromatic carbocycles. The number of hydrogen-bond acceptors (Lipinski definition) is 7. The summed E-state index contributed by atoms with van der Waals surface area (Å²) in [7, 11) is 0. The summed E-state index contributed by atoms with van der Waals surface area (Å²) in [6, 6.07) is 0. The second-order valence-electron chi connectivity index (χ2n) is 15.6. The third-order valence-corrected chi connectivity index (χ3v) is 12.7. The predicted octanol–water partition coefficient (Wildman–Crippen LogP) is 7.74. The third-order valence-electron chi connectivity index (χ3n) is 12.7. The van der Waals surface area contributed by atoms with Gasteiger partial charge in [-0.2, -0.15) is 0 Å². The normalized spacial score (nSPS) is 40.0. The minimum Gasteiger partial charge on any atom is -0.462 e. The Kier molecular flexibility index (Phi) is 10.1. The highest BCUT2D eigenvalue weighted by Crippen LogP contribution is 2.72. The third kappa shape index (κ3) is 5.77. The molecule has 0 spiro atoms. The number of nitrogens with zero attached hydrogens (tertiary/aromatic N) is 1. The van der Waals surface area contributed by atoms with Gasteiger partial charge in [0.1, 0.15) is 6.10 Å². The van der Waals surface area contributed by atoms with Crippen molar-refractivity contribution in [1.29, 1.82) is 0 Å². The SMILES string of the molecule is CC(=O)OC1CCC2(C)C(CCC3(C)C4CCC5(C(C[N+](=O)[O-])OC(C)=O)CC(=O)C(C(C)C)=C5C4CCC32)C1C.CCC. The van der Waals surface area contributed by atoms with Gasteiger partial charge in [-0.15, -0.1) is 0 Å². The van der Waals surface area contributed by atoms with Gasteiger partial charge in [-0.05, 0) is 109 Å². The van der Waals surface area contributed by atoms with Crippen LogP contribution in [0, 0.1) is 61.9 Å². The summed E-state index contributed by atoms with van der Waals surface area (Å²) in [5.74, 6) is 1.30. The molecule has 44 heavy (non-hydrogen) atoms. The molecule has 248 valence electrons. The molecule has 0 aromatic rings. The number of allylic oxidation sites excluding steroid dienone is 1. The van der Waals surface area contributed by atoms with Crippen LogP contribution in [0.2, 0.25) is 0 Å². The first-order chi connectivity index (χ1) is 20.6. The average molecular weight is 616 g/mol. The standard InChI is InChI=1S/C33H49NO7.C3H8/c1-18(2)29-25(37)16-33(28(17-34(38)39)41-21(5)36)15-11-24-22(30(29)33)8-9-27-31(6)14-12-26(40-20(4)35)19(3)23(31)10-13-32(24,27)7;1-3-2/h18-19,22-24,26-28H,8-17H2,1-7H3;3H2,1-2H3. The van der Waals surface area contributed by atoms with E-state index in [1.165, 1.54) is 20.3 Å². The maximum Gasteiger partial charge on any atom is 0.303 e. The number of carbonyl (C=O) groups excluding carboxylic acids is 3. The molecule has 8 nitrogen and oxygen atoms in total. The van der Waals surface area contributed by atoms with E-state index < -0.39 is 29.0 Å². The molecular weight excluding hydrogens is 558 g/mol. The molecule has 10 unspecified atom stereocenters. The fourth-order valence-corrected chi connectivity index (χ4v) is 11.4. The van der Waals surface area contributed by atoms with Crippen LogP contribution in [0.4, 0.5) is 0 Å². The van der Waals surface area contributed by atoms with Crippen molar-refractivity contribution in [2.45, 2.75) is 139 Å². The van der Waals surface area contributed by atoms with Gasteiger partial charge in [-0.3, -0.25) is 24.5 Å². The Hall–Kier alpha value is -2.25. The summed E-state index contributed by atoms with van der Waals surface area (Å²) in [6.45, 7) is 17.9. The first kappa shape index (κ1) is 34.6. The molecule has 0 heterocycles. The van der Waals surface area contributed by atoms with Crippen molar-refractivity contribution >= 4 is 17.7 Å². The molecule has 0 amide bonds. The van der Waals surface area contributed by atoms with Crippen LogP contribution in [-0.4, -0.2) is 41.4 Å². The van der Waals surface area contributed by atoms with Crippen LogP contribution in [0.1, 0.15) is 127 Å². The lowest BCUT2D eigenvalue weighted by atomic mass is 9.38. The van der Waals surface area contributed by atoms with Gasteiger partial charge >= 0.3 is 11.9 Å². The lowest BCUT2D eigenvalue weighted by Gasteiger charge is -2.67. The zero-order chi connectivity index (χ0) is 32.8. The summed E-state index contributed by atoms with van der Waals surface area (Å²) in [5, 5.41) is 11.8. The number of carbonyl (C=O) groups is 3. The van der Waals surface area contributed by atoms with Gasteiger partial charge in [0.25, 0.3) is 0 Å². The fourth-order valence-electron chi connectivity index (χ4n) is 11.4. The number of nitro groups is 1. The first-order valence-electron chi connectivity index (χ1n) is 17.3. The van der Waals surface area contributed by atoms with Crippen LogP contribution in [-0.2, 0) is 23.9 Å². The zero-order valence-electron chi connectivity index (χ0n) is 28.7. The maximum absolute atomic E-state index is 13.7. The summed E-state index contributed by atoms with van der Waals surface area (Å²) >= 11 is 0. The van der Waals surface area contributed by atoms with Crippen molar-refractivity contribution in [1.82, 2.24) is 0 Å². The number of ether oxygens (including phenoxy) is 2. The molecule has 10 atom stereocenters. The molecule has 4 saturated carbocycles. The molecule has 4 fully saturated rings. The van der Waals surface area contributed by atoms with Crippen LogP contribution >= 0.6 is 0 Å². The van der Waals surface area contributed by atoms with Crippen molar-refractivity contribution in [3.8, 4) is 0 Å². The largest absolute Gasteiger partial charge is 0.462 e. The summed E-state index contributed by atoms with van der Waals surface area (Å²) in [6.07, 6.45) is 8.23. The molecule has 0 bridgehead atoms. The molecule has 0 N–H and O–H groups in total. The van der Waals surface area contributed by atoms with Crippen LogP contribution in [0.15, 0.2) is 11.1 Å².